The highest BCUT2D eigenvalue weighted by Crippen LogP contribution is 2.31. The van der Waals surface area contributed by atoms with Crippen molar-refractivity contribution >= 4 is 40.0 Å². The van der Waals surface area contributed by atoms with Gasteiger partial charge in [0.15, 0.2) is 11.4 Å². The average molecular weight is 402 g/mol. The summed E-state index contributed by atoms with van der Waals surface area (Å²) in [6.07, 6.45) is 0. The van der Waals surface area contributed by atoms with Crippen molar-refractivity contribution in [1.29, 1.82) is 0 Å². The zero-order chi connectivity index (χ0) is 20.6. The van der Waals surface area contributed by atoms with Crippen LogP contribution in [0.25, 0.3) is 11.0 Å². The van der Waals surface area contributed by atoms with Crippen LogP contribution in [0.3, 0.4) is 0 Å². The van der Waals surface area contributed by atoms with Gasteiger partial charge in [0.25, 0.3) is 5.69 Å². The van der Waals surface area contributed by atoms with Crippen LogP contribution < -0.4 is 10.4 Å². The molecule has 0 bridgehead atoms. The zero-order valence-electron chi connectivity index (χ0n) is 14.6. The van der Waals surface area contributed by atoms with E-state index in [9.17, 15) is 24.5 Å². The lowest BCUT2D eigenvalue weighted by Crippen LogP contribution is -2.12. The molecule has 8 nitrogen and oxygen atoms in total. The Labute approximate surface area is 162 Å². The zero-order valence-corrected chi connectivity index (χ0v) is 15.4. The molecular formula is C19H12ClNO7. The average Bonchev–Trinajstić information content (AvgIpc) is 2.60. The second kappa shape index (κ2) is 7.24. The van der Waals surface area contributed by atoms with Crippen LogP contribution in [0.2, 0.25) is 5.02 Å². The SMILES string of the molecule is CC(=O)c1c(OC(=O)c2ccc([N+](=O)[O-])cc2Cl)ccc2c(C)cc(=O)oc12. The molecule has 0 atom stereocenters. The van der Waals surface area contributed by atoms with Crippen LogP contribution in [0.1, 0.15) is 33.2 Å². The number of carbonyl (C=O) groups is 2. The Morgan fingerprint density at radius 1 is 1.18 bits per heavy atom. The highest BCUT2D eigenvalue weighted by molar-refractivity contribution is 6.33. The molecule has 0 aliphatic carbocycles. The predicted molar refractivity (Wildman–Crippen MR) is 100 cm³/mol. The number of nitrogens with zero attached hydrogens (tertiary/aromatic N) is 1. The molecule has 0 radical (unpaired) electrons. The topological polar surface area (TPSA) is 117 Å². The molecule has 3 rings (SSSR count). The fourth-order valence-electron chi connectivity index (χ4n) is 2.72. The van der Waals surface area contributed by atoms with Crippen LogP contribution in [0.5, 0.6) is 5.75 Å². The smallest absolute Gasteiger partial charge is 0.345 e. The van der Waals surface area contributed by atoms with Gasteiger partial charge in [0.05, 0.1) is 15.5 Å². The van der Waals surface area contributed by atoms with Crippen molar-refractivity contribution in [2.45, 2.75) is 13.8 Å². The molecule has 0 spiro atoms. The molecule has 0 N–H and O–H groups in total. The fraction of sp³-hybridized carbons (Fsp3) is 0.105. The Morgan fingerprint density at radius 3 is 2.50 bits per heavy atom. The van der Waals surface area contributed by atoms with E-state index < -0.39 is 22.3 Å². The number of carbonyl (C=O) groups excluding carboxylic acids is 2. The summed E-state index contributed by atoms with van der Waals surface area (Å²) in [4.78, 5) is 46.5. The minimum Gasteiger partial charge on any atom is -0.422 e. The van der Waals surface area contributed by atoms with Crippen LogP contribution in [-0.2, 0) is 0 Å². The number of Topliss-reactive ketones (excluding diaryl/α,β-unsaturated/α-hetero) is 1. The first-order chi connectivity index (χ1) is 13.2. The molecule has 1 aromatic heterocycles. The second-order valence-electron chi connectivity index (χ2n) is 5.93. The van der Waals surface area contributed by atoms with Crippen molar-refractivity contribution in [3.8, 4) is 5.75 Å². The van der Waals surface area contributed by atoms with Gasteiger partial charge in [-0.15, -0.1) is 0 Å². The standard InChI is InChI=1S/C19H12ClNO7/c1-9-7-16(23)28-18-12(9)5-6-15(17(18)10(2)22)27-19(24)13-4-3-11(21(25)26)8-14(13)20/h3-8H,1-2H3. The number of hydrogen-bond acceptors (Lipinski definition) is 7. The number of aryl methyl sites for hydroxylation is 1. The number of non-ortho nitro benzene ring substituents is 1. The van der Waals surface area contributed by atoms with Gasteiger partial charge in [-0.05, 0) is 37.6 Å². The van der Waals surface area contributed by atoms with E-state index >= 15 is 0 Å². The number of nitro groups is 1. The Balaban J connectivity index is 2.08. The molecule has 0 saturated heterocycles. The van der Waals surface area contributed by atoms with Gasteiger partial charge in [0, 0.05) is 23.6 Å². The van der Waals surface area contributed by atoms with Gasteiger partial charge in [0.1, 0.15) is 11.3 Å². The highest BCUT2D eigenvalue weighted by Gasteiger charge is 2.22. The molecule has 1 heterocycles. The molecule has 0 fully saturated rings. The van der Waals surface area contributed by atoms with Gasteiger partial charge in [0.2, 0.25) is 0 Å². The summed E-state index contributed by atoms with van der Waals surface area (Å²) >= 11 is 5.94. The number of ketones is 1. The third-order valence-electron chi connectivity index (χ3n) is 4.02. The van der Waals surface area contributed by atoms with Gasteiger partial charge in [-0.25, -0.2) is 9.59 Å². The largest absolute Gasteiger partial charge is 0.422 e. The molecule has 9 heteroatoms. The number of rotatable bonds is 4. The molecule has 0 aliphatic rings. The van der Waals surface area contributed by atoms with E-state index in [1.54, 1.807) is 13.0 Å². The van der Waals surface area contributed by atoms with E-state index in [2.05, 4.69) is 0 Å². The van der Waals surface area contributed by atoms with Gasteiger partial charge < -0.3 is 9.15 Å². The maximum absolute atomic E-state index is 12.5. The van der Waals surface area contributed by atoms with E-state index in [-0.39, 0.29) is 33.2 Å². The number of ether oxygens (including phenoxy) is 1. The Hall–Kier alpha value is -3.52. The maximum atomic E-state index is 12.5. The van der Waals surface area contributed by atoms with Gasteiger partial charge in [-0.3, -0.25) is 14.9 Å². The third kappa shape index (κ3) is 3.49. The van der Waals surface area contributed by atoms with Crippen molar-refractivity contribution in [3.63, 3.8) is 0 Å². The molecule has 0 amide bonds. The van der Waals surface area contributed by atoms with Crippen molar-refractivity contribution in [3.05, 3.63) is 78.6 Å². The number of hydrogen-bond donors (Lipinski definition) is 0. The van der Waals surface area contributed by atoms with E-state index in [0.717, 1.165) is 18.2 Å². The summed E-state index contributed by atoms with van der Waals surface area (Å²) in [5.41, 5.74) is -0.497. The molecule has 142 valence electrons. The molecule has 0 unspecified atom stereocenters. The van der Waals surface area contributed by atoms with E-state index in [1.807, 2.05) is 0 Å². The van der Waals surface area contributed by atoms with Crippen molar-refractivity contribution in [1.82, 2.24) is 0 Å². The minimum absolute atomic E-state index is 0.0117. The lowest BCUT2D eigenvalue weighted by atomic mass is 10.0. The minimum atomic E-state index is -0.920. The molecule has 3 aromatic rings. The summed E-state index contributed by atoms with van der Waals surface area (Å²) in [5, 5.41) is 11.1. The van der Waals surface area contributed by atoms with Gasteiger partial charge in [-0.2, -0.15) is 0 Å². The monoisotopic (exact) mass is 401 g/mol. The van der Waals surface area contributed by atoms with Crippen molar-refractivity contribution in [2.24, 2.45) is 0 Å². The van der Waals surface area contributed by atoms with Crippen LogP contribution in [0.4, 0.5) is 5.69 Å². The number of esters is 1. The van der Waals surface area contributed by atoms with E-state index in [0.29, 0.717) is 10.9 Å². The van der Waals surface area contributed by atoms with E-state index in [4.69, 9.17) is 20.8 Å². The normalized spacial score (nSPS) is 10.7. The van der Waals surface area contributed by atoms with Crippen LogP contribution >= 0.6 is 11.6 Å². The first-order valence-electron chi connectivity index (χ1n) is 7.93. The predicted octanol–water partition coefficient (Wildman–Crippen LogP) is 4.08. The summed E-state index contributed by atoms with van der Waals surface area (Å²) in [5.74, 6) is -1.51. The first-order valence-corrected chi connectivity index (χ1v) is 8.31. The van der Waals surface area contributed by atoms with Gasteiger partial charge >= 0.3 is 11.6 Å². The first kappa shape index (κ1) is 19.2. The van der Waals surface area contributed by atoms with Crippen LogP contribution in [-0.4, -0.2) is 16.7 Å². The lowest BCUT2D eigenvalue weighted by molar-refractivity contribution is -0.384. The number of fused-ring (bicyclic) bond motifs is 1. The Bertz CT molecular complexity index is 1210. The number of halogens is 1. The van der Waals surface area contributed by atoms with Gasteiger partial charge in [-0.1, -0.05) is 11.6 Å². The maximum Gasteiger partial charge on any atom is 0.345 e. The summed E-state index contributed by atoms with van der Waals surface area (Å²) < 4.78 is 10.4. The fourth-order valence-corrected chi connectivity index (χ4v) is 2.97. The Morgan fingerprint density at radius 2 is 1.89 bits per heavy atom. The summed E-state index contributed by atoms with van der Waals surface area (Å²) in [6.45, 7) is 2.93. The number of benzene rings is 2. The van der Waals surface area contributed by atoms with Crippen LogP contribution in [0.15, 0.2) is 45.6 Å². The summed E-state index contributed by atoms with van der Waals surface area (Å²) in [6, 6.07) is 7.53. The van der Waals surface area contributed by atoms with E-state index in [1.165, 1.54) is 19.1 Å². The molecule has 2 aromatic carbocycles. The van der Waals surface area contributed by atoms with Crippen molar-refractivity contribution in [2.75, 3.05) is 0 Å². The Kier molecular flexibility index (Phi) is 4.98. The molecular weight excluding hydrogens is 390 g/mol. The van der Waals surface area contributed by atoms with Crippen LogP contribution in [0, 0.1) is 17.0 Å². The molecule has 28 heavy (non-hydrogen) atoms. The van der Waals surface area contributed by atoms with Crippen molar-refractivity contribution < 1.29 is 23.7 Å². The highest BCUT2D eigenvalue weighted by atomic mass is 35.5. The molecule has 0 aliphatic heterocycles. The summed E-state index contributed by atoms with van der Waals surface area (Å²) in [7, 11) is 0. The molecule has 0 saturated carbocycles. The third-order valence-corrected chi connectivity index (χ3v) is 4.33. The number of nitro benzene ring substituents is 1. The lowest BCUT2D eigenvalue weighted by Gasteiger charge is -2.11. The quantitative estimate of drug-likeness (QED) is 0.161. The second-order valence-corrected chi connectivity index (χ2v) is 6.34.